The van der Waals surface area contributed by atoms with Gasteiger partial charge in [-0.25, -0.2) is 0 Å². The average Bonchev–Trinajstić information content (AvgIpc) is 3.52. The van der Waals surface area contributed by atoms with Gasteiger partial charge in [-0.05, 0) is 91.1 Å². The molecule has 3 heterocycles. The van der Waals surface area contributed by atoms with Gasteiger partial charge in [0.2, 0.25) is 5.91 Å². The van der Waals surface area contributed by atoms with Crippen LogP contribution in [0.1, 0.15) is 58.8 Å². The van der Waals surface area contributed by atoms with E-state index in [2.05, 4.69) is 11.4 Å². The SMILES string of the molecule is [B]c1cccc(-c2cccc(C(=O)N3CCC4(CC3)COc3ccc(CNC(=O)CC5N=C(c6ccc(Cl)cc6)c6cc(OC)ccc6N(C(C)=N)C5=N)cc34)c2)c1. The van der Waals surface area contributed by atoms with Crippen molar-refractivity contribution in [1.29, 1.82) is 10.8 Å². The molecule has 10 nitrogen and oxygen atoms in total. The van der Waals surface area contributed by atoms with Crippen LogP contribution in [0.2, 0.25) is 5.02 Å². The highest BCUT2D eigenvalue weighted by atomic mass is 35.5. The van der Waals surface area contributed by atoms with Gasteiger partial charge in [0.25, 0.3) is 5.91 Å². The van der Waals surface area contributed by atoms with Crippen LogP contribution in [0.4, 0.5) is 5.69 Å². The summed E-state index contributed by atoms with van der Waals surface area (Å²) < 4.78 is 11.7. The number of piperidine rings is 1. The van der Waals surface area contributed by atoms with Gasteiger partial charge in [-0.1, -0.05) is 71.7 Å². The second-order valence-electron chi connectivity index (χ2n) is 15.1. The molecule has 1 unspecified atom stereocenters. The van der Waals surface area contributed by atoms with Crippen LogP contribution >= 0.6 is 11.6 Å². The molecule has 1 atom stereocenters. The Kier molecular flexibility index (Phi) is 10.7. The molecule has 8 rings (SSSR count). The minimum absolute atomic E-state index is 0.00470. The first kappa shape index (κ1) is 38.7. The molecule has 3 N–H and O–H groups in total. The third-order valence-corrected chi connectivity index (χ3v) is 11.6. The maximum Gasteiger partial charge on any atom is 0.253 e. The van der Waals surface area contributed by atoms with E-state index in [-0.39, 0.29) is 41.9 Å². The predicted octanol–water partition coefficient (Wildman–Crippen LogP) is 7.08. The number of likely N-dealkylation sites (tertiary alicyclic amines) is 1. The fourth-order valence-electron chi connectivity index (χ4n) is 8.19. The molecule has 0 aromatic heterocycles. The summed E-state index contributed by atoms with van der Waals surface area (Å²) in [6.45, 7) is 3.62. The molecule has 1 saturated heterocycles. The third-order valence-electron chi connectivity index (χ3n) is 11.3. The molecule has 12 heteroatoms. The van der Waals surface area contributed by atoms with Gasteiger partial charge in [-0.3, -0.25) is 30.3 Å². The first-order chi connectivity index (χ1) is 28.0. The molecule has 5 aromatic rings. The topological polar surface area (TPSA) is 131 Å². The zero-order chi connectivity index (χ0) is 40.6. The van der Waals surface area contributed by atoms with E-state index in [4.69, 9.17) is 39.3 Å². The van der Waals surface area contributed by atoms with Crippen molar-refractivity contribution >= 4 is 59.8 Å². The van der Waals surface area contributed by atoms with E-state index in [0.29, 0.717) is 58.5 Å². The van der Waals surface area contributed by atoms with Gasteiger partial charge >= 0.3 is 0 Å². The minimum Gasteiger partial charge on any atom is -0.497 e. The van der Waals surface area contributed by atoms with Crippen molar-refractivity contribution in [3.8, 4) is 22.6 Å². The summed E-state index contributed by atoms with van der Waals surface area (Å²) >= 11 is 6.23. The minimum atomic E-state index is -0.881. The van der Waals surface area contributed by atoms with E-state index in [0.717, 1.165) is 46.4 Å². The molecule has 3 aliphatic heterocycles. The molecular formula is C46H42BClN6O4. The Balaban J connectivity index is 0.961. The van der Waals surface area contributed by atoms with Crippen molar-refractivity contribution in [2.75, 3.05) is 31.7 Å². The Morgan fingerprint density at radius 3 is 2.41 bits per heavy atom. The van der Waals surface area contributed by atoms with Gasteiger partial charge in [0.1, 0.15) is 37.1 Å². The quantitative estimate of drug-likeness (QED) is 0.0879. The molecule has 0 saturated carbocycles. The smallest absolute Gasteiger partial charge is 0.253 e. The van der Waals surface area contributed by atoms with E-state index < -0.39 is 6.04 Å². The van der Waals surface area contributed by atoms with E-state index in [1.165, 1.54) is 4.90 Å². The highest BCUT2D eigenvalue weighted by molar-refractivity contribution is 6.32. The maximum absolute atomic E-state index is 13.7. The van der Waals surface area contributed by atoms with Crippen LogP contribution in [-0.2, 0) is 16.8 Å². The predicted molar refractivity (Wildman–Crippen MR) is 230 cm³/mol. The molecule has 1 spiro atoms. The molecule has 2 amide bonds. The van der Waals surface area contributed by atoms with Crippen molar-refractivity contribution in [2.45, 2.75) is 44.2 Å². The summed E-state index contributed by atoms with van der Waals surface area (Å²) in [4.78, 5) is 35.9. The number of rotatable bonds is 8. The van der Waals surface area contributed by atoms with Crippen molar-refractivity contribution in [2.24, 2.45) is 4.99 Å². The van der Waals surface area contributed by atoms with Crippen LogP contribution in [0, 0.1) is 10.8 Å². The molecule has 1 fully saturated rings. The van der Waals surface area contributed by atoms with E-state index in [9.17, 15) is 15.0 Å². The number of ether oxygens (including phenoxy) is 2. The fraction of sp³-hybridized carbons (Fsp3) is 0.239. The number of carbonyl (C=O) groups is 2. The van der Waals surface area contributed by atoms with E-state index >= 15 is 0 Å². The number of aliphatic imine (C=N–C) groups is 1. The standard InChI is InChI=1S/C46H42BClN6O4/c1-28(49)54-40-15-14-36(57-2)24-37(40)43(30-10-12-35(48)13-11-30)52-39(44(54)50)25-42(55)51-26-29-9-16-41-38(21-29)46(27-58-41)17-19-53(20-18-46)45(56)33-7-3-5-31(22-33)32-6-4-8-34(47)23-32/h3-16,21-24,39,49-50H,17-20,25-27H2,1-2H3,(H,51,55). The molecule has 5 aromatic carbocycles. The number of amides is 2. The average molecular weight is 789 g/mol. The number of nitrogens with one attached hydrogen (secondary N) is 3. The Morgan fingerprint density at radius 1 is 0.948 bits per heavy atom. The number of halogens is 1. The first-order valence-corrected chi connectivity index (χ1v) is 19.6. The number of carbonyl (C=O) groups excluding carboxylic acids is 2. The number of hydrogen-bond acceptors (Lipinski definition) is 7. The lowest BCUT2D eigenvalue weighted by Crippen LogP contribution is -2.46. The van der Waals surface area contributed by atoms with Crippen molar-refractivity contribution in [1.82, 2.24) is 10.2 Å². The zero-order valence-electron chi connectivity index (χ0n) is 32.3. The highest BCUT2D eigenvalue weighted by Crippen LogP contribution is 2.46. The Hall–Kier alpha value is -6.20. The summed E-state index contributed by atoms with van der Waals surface area (Å²) in [6.07, 6.45) is 1.41. The van der Waals surface area contributed by atoms with Gasteiger partial charge in [0, 0.05) is 52.3 Å². The van der Waals surface area contributed by atoms with Crippen molar-refractivity contribution < 1.29 is 19.1 Å². The highest BCUT2D eigenvalue weighted by Gasteiger charge is 2.44. The summed E-state index contributed by atoms with van der Waals surface area (Å²) in [5, 5.41) is 21.5. The van der Waals surface area contributed by atoms with Gasteiger partial charge in [-0.15, -0.1) is 0 Å². The summed E-state index contributed by atoms with van der Waals surface area (Å²) in [7, 11) is 7.59. The molecule has 0 bridgehead atoms. The number of nitrogens with zero attached hydrogens (tertiary/aromatic N) is 3. The van der Waals surface area contributed by atoms with Crippen LogP contribution in [0.15, 0.2) is 114 Å². The number of benzodiazepines with no additional fused rings is 1. The molecule has 58 heavy (non-hydrogen) atoms. The van der Waals surface area contributed by atoms with E-state index in [1.54, 1.807) is 32.2 Å². The Morgan fingerprint density at radius 2 is 1.69 bits per heavy atom. The number of anilines is 1. The van der Waals surface area contributed by atoms with Gasteiger partial charge < -0.3 is 19.7 Å². The molecular weight excluding hydrogens is 747 g/mol. The van der Waals surface area contributed by atoms with Crippen LogP contribution in [-0.4, -0.2) is 74.8 Å². The number of fused-ring (bicyclic) bond motifs is 3. The number of hydrogen-bond donors (Lipinski definition) is 3. The van der Waals surface area contributed by atoms with Crippen LogP contribution in [0.3, 0.4) is 0 Å². The second kappa shape index (κ2) is 16.0. The Bertz CT molecular complexity index is 2480. The summed E-state index contributed by atoms with van der Waals surface area (Å²) in [6, 6.07) is 33.2. The number of amidine groups is 2. The van der Waals surface area contributed by atoms with Gasteiger partial charge in [0.05, 0.1) is 31.5 Å². The lowest BCUT2D eigenvalue weighted by Gasteiger charge is -2.38. The number of methoxy groups -OCH3 is 1. The molecule has 2 radical (unpaired) electrons. The maximum atomic E-state index is 13.7. The second-order valence-corrected chi connectivity index (χ2v) is 15.5. The van der Waals surface area contributed by atoms with Crippen molar-refractivity contribution in [3.05, 3.63) is 142 Å². The summed E-state index contributed by atoms with van der Waals surface area (Å²) in [5.74, 6) is 1.31. The monoisotopic (exact) mass is 788 g/mol. The first-order valence-electron chi connectivity index (χ1n) is 19.3. The lowest BCUT2D eigenvalue weighted by atomic mass is 9.74. The largest absolute Gasteiger partial charge is 0.497 e. The molecule has 3 aliphatic rings. The van der Waals surface area contributed by atoms with Crippen LogP contribution < -0.4 is 25.2 Å². The molecule has 0 aliphatic carbocycles. The lowest BCUT2D eigenvalue weighted by molar-refractivity contribution is -0.121. The number of benzene rings is 5. The van der Waals surface area contributed by atoms with Crippen LogP contribution in [0.25, 0.3) is 11.1 Å². The molecule has 290 valence electrons. The van der Waals surface area contributed by atoms with E-state index in [1.807, 2.05) is 89.8 Å². The third kappa shape index (κ3) is 7.62. The zero-order valence-corrected chi connectivity index (χ0v) is 33.1. The summed E-state index contributed by atoms with van der Waals surface area (Å²) in [5.41, 5.74) is 7.63. The van der Waals surface area contributed by atoms with Gasteiger partial charge in [-0.2, -0.15) is 0 Å². The van der Waals surface area contributed by atoms with Gasteiger partial charge in [0.15, 0.2) is 0 Å². The van der Waals surface area contributed by atoms with Crippen LogP contribution in [0.5, 0.6) is 11.5 Å². The normalized spacial score (nSPS) is 16.8. The Labute approximate surface area is 344 Å². The van der Waals surface area contributed by atoms with Crippen molar-refractivity contribution in [3.63, 3.8) is 0 Å². The fourth-order valence-corrected chi connectivity index (χ4v) is 8.31.